The van der Waals surface area contributed by atoms with Crippen LogP contribution in [0.4, 0.5) is 0 Å². The molecule has 0 saturated heterocycles. The third kappa shape index (κ3) is 3.88. The van der Waals surface area contributed by atoms with E-state index in [2.05, 4.69) is 5.32 Å². The molecule has 0 radical (unpaired) electrons. The minimum absolute atomic E-state index is 0.0440. The molecule has 27 heavy (non-hydrogen) atoms. The van der Waals surface area contributed by atoms with Gasteiger partial charge < -0.3 is 14.8 Å². The van der Waals surface area contributed by atoms with Gasteiger partial charge in [-0.25, -0.2) is 0 Å². The van der Waals surface area contributed by atoms with Crippen LogP contribution in [0.3, 0.4) is 0 Å². The van der Waals surface area contributed by atoms with E-state index in [0.29, 0.717) is 11.6 Å². The summed E-state index contributed by atoms with van der Waals surface area (Å²) < 4.78 is 1.88. The number of nitrogens with one attached hydrogen (secondary N) is 1. The summed E-state index contributed by atoms with van der Waals surface area (Å²) in [7, 11) is 0. The molecule has 2 aliphatic rings. The van der Waals surface area contributed by atoms with Crippen LogP contribution >= 0.6 is 11.6 Å². The second kappa shape index (κ2) is 7.77. The molecule has 2 amide bonds. The van der Waals surface area contributed by atoms with Gasteiger partial charge in [0.25, 0.3) is 0 Å². The van der Waals surface area contributed by atoms with Crippen LogP contribution in [-0.4, -0.2) is 27.3 Å². The van der Waals surface area contributed by atoms with Crippen molar-refractivity contribution in [3.63, 3.8) is 0 Å². The minimum atomic E-state index is -0.598. The van der Waals surface area contributed by atoms with Crippen LogP contribution in [0.1, 0.15) is 49.4 Å². The van der Waals surface area contributed by atoms with Gasteiger partial charge in [-0.3, -0.25) is 9.59 Å². The molecule has 2 heterocycles. The Morgan fingerprint density at radius 1 is 1.11 bits per heavy atom. The minimum Gasteiger partial charge on any atom is -0.351 e. The van der Waals surface area contributed by atoms with Crippen LogP contribution < -0.4 is 5.32 Å². The number of aromatic nitrogens is 1. The number of rotatable bonds is 4. The highest BCUT2D eigenvalue weighted by Gasteiger charge is 2.38. The number of amides is 2. The molecule has 2 aromatic rings. The number of fused-ring (bicyclic) bond motifs is 1. The maximum Gasteiger partial charge on any atom is 0.249 e. The summed E-state index contributed by atoms with van der Waals surface area (Å²) in [6, 6.07) is 10.9. The second-order valence-corrected chi connectivity index (χ2v) is 7.89. The van der Waals surface area contributed by atoms with E-state index in [4.69, 9.17) is 11.6 Å². The highest BCUT2D eigenvalue weighted by molar-refractivity contribution is 6.30. The largest absolute Gasteiger partial charge is 0.351 e. The highest BCUT2D eigenvalue weighted by atomic mass is 35.5. The Hall–Kier alpha value is -2.27. The molecule has 1 fully saturated rings. The average molecular weight is 386 g/mol. The fourth-order valence-electron chi connectivity index (χ4n) is 4.13. The molecule has 142 valence electrons. The summed E-state index contributed by atoms with van der Waals surface area (Å²) in [5.41, 5.74) is 1.83. The lowest BCUT2D eigenvalue weighted by molar-refractivity contribution is -0.144. The summed E-state index contributed by atoms with van der Waals surface area (Å²) in [6.07, 6.45) is 7.45. The molecule has 4 rings (SSSR count). The molecule has 5 nitrogen and oxygen atoms in total. The Morgan fingerprint density at radius 2 is 1.85 bits per heavy atom. The molecule has 0 spiro atoms. The quantitative estimate of drug-likeness (QED) is 0.872. The Bertz CT molecular complexity index is 824. The van der Waals surface area contributed by atoms with Gasteiger partial charge in [0.1, 0.15) is 6.54 Å². The van der Waals surface area contributed by atoms with E-state index in [1.54, 1.807) is 4.90 Å². The van der Waals surface area contributed by atoms with Crippen LogP contribution in [0, 0.1) is 0 Å². The molecule has 1 saturated carbocycles. The van der Waals surface area contributed by atoms with Crippen LogP contribution in [0.15, 0.2) is 42.6 Å². The van der Waals surface area contributed by atoms with Crippen molar-refractivity contribution in [3.8, 4) is 0 Å². The lowest BCUT2D eigenvalue weighted by atomic mass is 9.95. The van der Waals surface area contributed by atoms with Crippen molar-refractivity contribution in [2.75, 3.05) is 0 Å². The van der Waals surface area contributed by atoms with Crippen molar-refractivity contribution in [1.82, 2.24) is 14.8 Å². The molecule has 1 aliphatic heterocycles. The van der Waals surface area contributed by atoms with Gasteiger partial charge in [0.15, 0.2) is 6.04 Å². The number of benzene rings is 1. The van der Waals surface area contributed by atoms with Crippen LogP contribution in [0.25, 0.3) is 0 Å². The molecule has 0 bridgehead atoms. The van der Waals surface area contributed by atoms with Gasteiger partial charge >= 0.3 is 0 Å². The topological polar surface area (TPSA) is 54.3 Å². The molecule has 1 aliphatic carbocycles. The maximum absolute atomic E-state index is 13.2. The molecule has 1 atom stereocenters. The predicted octanol–water partition coefficient (Wildman–Crippen LogP) is 3.67. The second-order valence-electron chi connectivity index (χ2n) is 7.46. The Balaban J connectivity index is 1.59. The molecule has 1 aromatic carbocycles. The summed E-state index contributed by atoms with van der Waals surface area (Å²) in [5, 5.41) is 3.85. The van der Waals surface area contributed by atoms with Gasteiger partial charge in [0.2, 0.25) is 11.8 Å². The SMILES string of the molecule is O=C(NC1CCCCC1)[C@@H]1c2cccn2CC(=O)N1Cc1ccc(Cl)cc1. The highest BCUT2D eigenvalue weighted by Crippen LogP contribution is 2.30. The maximum atomic E-state index is 13.2. The van der Waals surface area contributed by atoms with E-state index in [-0.39, 0.29) is 24.4 Å². The average Bonchev–Trinajstić information content (AvgIpc) is 3.12. The number of hydrogen-bond donors (Lipinski definition) is 1. The Labute approximate surface area is 164 Å². The molecule has 1 aromatic heterocycles. The fraction of sp³-hybridized carbons (Fsp3) is 0.429. The molecule has 0 unspecified atom stereocenters. The van der Waals surface area contributed by atoms with E-state index in [0.717, 1.165) is 36.9 Å². The summed E-state index contributed by atoms with van der Waals surface area (Å²) in [4.78, 5) is 27.7. The Kier molecular flexibility index (Phi) is 5.21. The fourth-order valence-corrected chi connectivity index (χ4v) is 4.25. The number of carbonyl (C=O) groups excluding carboxylic acids is 2. The van der Waals surface area contributed by atoms with Crippen molar-refractivity contribution in [2.24, 2.45) is 0 Å². The van der Waals surface area contributed by atoms with E-state index >= 15 is 0 Å². The van der Waals surface area contributed by atoms with Crippen LogP contribution in [0.5, 0.6) is 0 Å². The summed E-state index contributed by atoms with van der Waals surface area (Å²) in [6.45, 7) is 0.660. The first-order valence-electron chi connectivity index (χ1n) is 9.61. The third-order valence-corrected chi connectivity index (χ3v) is 5.80. The van der Waals surface area contributed by atoms with Gasteiger partial charge in [-0.05, 0) is 42.7 Å². The Morgan fingerprint density at radius 3 is 2.59 bits per heavy atom. The monoisotopic (exact) mass is 385 g/mol. The molecule has 1 N–H and O–H groups in total. The smallest absolute Gasteiger partial charge is 0.249 e. The predicted molar refractivity (Wildman–Crippen MR) is 104 cm³/mol. The van der Waals surface area contributed by atoms with Gasteiger partial charge in [-0.2, -0.15) is 0 Å². The van der Waals surface area contributed by atoms with E-state index in [1.165, 1.54) is 6.42 Å². The van der Waals surface area contributed by atoms with Crippen LogP contribution in [0.2, 0.25) is 5.02 Å². The normalized spacial score (nSPS) is 20.4. The van der Waals surface area contributed by atoms with Crippen molar-refractivity contribution in [1.29, 1.82) is 0 Å². The van der Waals surface area contributed by atoms with Crippen molar-refractivity contribution >= 4 is 23.4 Å². The number of carbonyl (C=O) groups is 2. The summed E-state index contributed by atoms with van der Waals surface area (Å²) >= 11 is 5.97. The number of halogens is 1. The van der Waals surface area contributed by atoms with Gasteiger partial charge in [-0.15, -0.1) is 0 Å². The lowest BCUT2D eigenvalue weighted by Crippen LogP contribution is -2.50. The zero-order valence-electron chi connectivity index (χ0n) is 15.2. The summed E-state index contributed by atoms with van der Waals surface area (Å²) in [5.74, 6) is -0.124. The molecular weight excluding hydrogens is 362 g/mol. The molecule has 6 heteroatoms. The van der Waals surface area contributed by atoms with E-state index in [9.17, 15) is 9.59 Å². The van der Waals surface area contributed by atoms with Crippen molar-refractivity contribution in [3.05, 3.63) is 58.9 Å². The zero-order chi connectivity index (χ0) is 18.8. The van der Waals surface area contributed by atoms with Crippen LogP contribution in [-0.2, 0) is 22.7 Å². The molecular formula is C21H24ClN3O2. The first-order chi connectivity index (χ1) is 13.1. The van der Waals surface area contributed by atoms with E-state index in [1.807, 2.05) is 47.2 Å². The van der Waals surface area contributed by atoms with Crippen molar-refractivity contribution < 1.29 is 9.59 Å². The lowest BCUT2D eigenvalue weighted by Gasteiger charge is -2.37. The van der Waals surface area contributed by atoms with E-state index < -0.39 is 6.04 Å². The van der Waals surface area contributed by atoms with Crippen molar-refractivity contribution in [2.45, 2.75) is 57.3 Å². The van der Waals surface area contributed by atoms with Gasteiger partial charge in [0.05, 0.1) is 5.69 Å². The standard InChI is InChI=1S/C21H24ClN3O2/c22-16-10-8-15(9-11-16)13-25-19(26)14-24-12-4-7-18(24)20(25)21(27)23-17-5-2-1-3-6-17/h4,7-12,17,20H,1-3,5-6,13-14H2,(H,23,27)/t20-/m0/s1. The van der Waals surface area contributed by atoms with Gasteiger partial charge in [-0.1, -0.05) is 43.0 Å². The first kappa shape index (κ1) is 18.1. The number of nitrogens with zero attached hydrogens (tertiary/aromatic N) is 2. The first-order valence-corrected chi connectivity index (χ1v) is 9.99. The zero-order valence-corrected chi connectivity index (χ0v) is 16.0. The third-order valence-electron chi connectivity index (χ3n) is 5.55. The number of hydrogen-bond acceptors (Lipinski definition) is 2. The van der Waals surface area contributed by atoms with Gasteiger partial charge in [0, 0.05) is 23.8 Å².